The van der Waals surface area contributed by atoms with Gasteiger partial charge in [0, 0.05) is 13.0 Å². The van der Waals surface area contributed by atoms with Gasteiger partial charge in [0.25, 0.3) is 0 Å². The molecule has 0 radical (unpaired) electrons. The highest BCUT2D eigenvalue weighted by Gasteiger charge is 2.12. The number of hydrogen-bond acceptors (Lipinski definition) is 2. The molecule has 0 spiro atoms. The molecule has 0 amide bonds. The maximum Gasteiger partial charge on any atom is 0.158 e. The molecule has 1 aliphatic rings. The van der Waals surface area contributed by atoms with Crippen LogP contribution < -0.4 is 0 Å². The summed E-state index contributed by atoms with van der Waals surface area (Å²) in [6.45, 7) is 3.48. The first-order valence-corrected chi connectivity index (χ1v) is 7.08. The molecule has 100 valence electrons. The summed E-state index contributed by atoms with van der Waals surface area (Å²) in [5, 5.41) is 0. The van der Waals surface area contributed by atoms with Crippen LogP contribution >= 0.6 is 0 Å². The van der Waals surface area contributed by atoms with Gasteiger partial charge in [0.1, 0.15) is 6.61 Å². The topological polar surface area (TPSA) is 18.5 Å². The van der Waals surface area contributed by atoms with E-state index in [0.717, 1.165) is 25.9 Å². The Morgan fingerprint density at radius 2 is 2.00 bits per heavy atom. The fraction of sp³-hybridized carbons (Fsp3) is 0.750. The van der Waals surface area contributed by atoms with Gasteiger partial charge in [-0.15, -0.1) is 5.92 Å². The van der Waals surface area contributed by atoms with Crippen molar-refractivity contribution >= 4 is 0 Å². The highest BCUT2D eigenvalue weighted by atomic mass is 16.7. The molecule has 0 bridgehead atoms. The average molecular weight is 248 g/mol. The van der Waals surface area contributed by atoms with Crippen LogP contribution in [0.15, 0.2) is 0 Å². The summed E-state index contributed by atoms with van der Waals surface area (Å²) < 4.78 is 10.9. The van der Waals surface area contributed by atoms with Crippen LogP contribution in [-0.4, -0.2) is 19.5 Å². The predicted molar refractivity (Wildman–Crippen MR) is 73.9 cm³/mol. The molecule has 1 saturated heterocycles. The summed E-state index contributed by atoms with van der Waals surface area (Å²) >= 11 is 0. The summed E-state index contributed by atoms with van der Waals surface area (Å²) in [6, 6.07) is 0. The van der Waals surface area contributed by atoms with Crippen LogP contribution in [0.2, 0.25) is 0 Å². The molecule has 0 aliphatic carbocycles. The summed E-state index contributed by atoms with van der Waals surface area (Å²) in [5.74, 6) is 12.2. The molecule has 0 aromatic heterocycles. The Kier molecular flexibility index (Phi) is 9.35. The van der Waals surface area contributed by atoms with E-state index in [1.54, 1.807) is 0 Å². The average Bonchev–Trinajstić information content (AvgIpc) is 2.42. The Hall–Kier alpha value is -0.960. The Morgan fingerprint density at radius 3 is 2.78 bits per heavy atom. The molecule has 1 fully saturated rings. The Bertz CT molecular complexity index is 307. The van der Waals surface area contributed by atoms with Gasteiger partial charge < -0.3 is 9.47 Å². The van der Waals surface area contributed by atoms with Gasteiger partial charge in [-0.05, 0) is 25.7 Å². The van der Waals surface area contributed by atoms with Gasteiger partial charge >= 0.3 is 0 Å². The zero-order valence-corrected chi connectivity index (χ0v) is 11.5. The van der Waals surface area contributed by atoms with E-state index in [9.17, 15) is 0 Å². The van der Waals surface area contributed by atoms with E-state index in [-0.39, 0.29) is 6.29 Å². The summed E-state index contributed by atoms with van der Waals surface area (Å²) in [4.78, 5) is 0. The normalized spacial score (nSPS) is 18.4. The fourth-order valence-corrected chi connectivity index (χ4v) is 1.75. The Labute approximate surface area is 111 Å². The van der Waals surface area contributed by atoms with Gasteiger partial charge in [0.05, 0.1) is 6.42 Å². The summed E-state index contributed by atoms with van der Waals surface area (Å²) in [6.07, 6.45) is 8.70. The van der Waals surface area contributed by atoms with Gasteiger partial charge in [0.15, 0.2) is 6.29 Å². The highest BCUT2D eigenvalue weighted by Crippen LogP contribution is 2.12. The SMILES string of the molecule is CCCCCC#CCC#CCOC1CCCCO1. The minimum absolute atomic E-state index is 0.0341. The van der Waals surface area contributed by atoms with Crippen molar-refractivity contribution in [3.8, 4) is 23.7 Å². The lowest BCUT2D eigenvalue weighted by Gasteiger charge is -2.21. The molecule has 0 aromatic rings. The van der Waals surface area contributed by atoms with Crippen molar-refractivity contribution in [1.82, 2.24) is 0 Å². The lowest BCUT2D eigenvalue weighted by atomic mass is 10.2. The molecule has 0 N–H and O–H groups in total. The standard InChI is InChI=1S/C16H24O2/c1-2-3-4-5-6-7-8-9-11-14-17-16-13-10-12-15-18-16/h16H,2-5,8,10,12-15H2,1H3. The molecule has 1 rings (SSSR count). The van der Waals surface area contributed by atoms with Crippen molar-refractivity contribution in [2.45, 2.75) is 64.6 Å². The second kappa shape index (κ2) is 11.1. The van der Waals surface area contributed by atoms with Crippen molar-refractivity contribution in [3.05, 3.63) is 0 Å². The smallest absolute Gasteiger partial charge is 0.158 e. The molecule has 0 saturated carbocycles. The van der Waals surface area contributed by atoms with E-state index in [2.05, 4.69) is 30.6 Å². The summed E-state index contributed by atoms with van der Waals surface area (Å²) in [7, 11) is 0. The van der Waals surface area contributed by atoms with Crippen LogP contribution in [-0.2, 0) is 9.47 Å². The van der Waals surface area contributed by atoms with Crippen molar-refractivity contribution in [2.75, 3.05) is 13.2 Å². The first kappa shape index (κ1) is 15.1. The number of rotatable bonds is 5. The molecule has 1 atom stereocenters. The van der Waals surface area contributed by atoms with Crippen LogP contribution in [0.5, 0.6) is 0 Å². The van der Waals surface area contributed by atoms with Crippen molar-refractivity contribution in [3.63, 3.8) is 0 Å². The van der Waals surface area contributed by atoms with Crippen LogP contribution in [0.25, 0.3) is 0 Å². The van der Waals surface area contributed by atoms with Gasteiger partial charge in [0.2, 0.25) is 0 Å². The molecule has 2 nitrogen and oxygen atoms in total. The monoisotopic (exact) mass is 248 g/mol. The van der Waals surface area contributed by atoms with Gasteiger partial charge in [-0.3, -0.25) is 0 Å². The van der Waals surface area contributed by atoms with Crippen LogP contribution in [0.3, 0.4) is 0 Å². The largest absolute Gasteiger partial charge is 0.353 e. The van der Waals surface area contributed by atoms with Gasteiger partial charge in [-0.2, -0.15) is 0 Å². The molecule has 18 heavy (non-hydrogen) atoms. The quantitative estimate of drug-likeness (QED) is 0.547. The van der Waals surface area contributed by atoms with Crippen molar-refractivity contribution in [2.24, 2.45) is 0 Å². The van der Waals surface area contributed by atoms with E-state index in [1.807, 2.05) is 0 Å². The minimum atomic E-state index is -0.0341. The number of ether oxygens (including phenoxy) is 2. The molecule has 1 unspecified atom stereocenters. The molecule has 1 aliphatic heterocycles. The van der Waals surface area contributed by atoms with Crippen LogP contribution in [0.4, 0.5) is 0 Å². The molecular formula is C16H24O2. The van der Waals surface area contributed by atoms with E-state index in [4.69, 9.17) is 9.47 Å². The van der Waals surface area contributed by atoms with E-state index in [0.29, 0.717) is 13.0 Å². The maximum absolute atomic E-state index is 5.50. The highest BCUT2D eigenvalue weighted by molar-refractivity contribution is 5.11. The van der Waals surface area contributed by atoms with Crippen molar-refractivity contribution < 1.29 is 9.47 Å². The zero-order chi connectivity index (χ0) is 12.9. The van der Waals surface area contributed by atoms with Gasteiger partial charge in [-0.25, -0.2) is 0 Å². The first-order chi connectivity index (χ1) is 8.93. The lowest BCUT2D eigenvalue weighted by molar-refractivity contribution is -0.154. The number of hydrogen-bond donors (Lipinski definition) is 0. The van der Waals surface area contributed by atoms with E-state index < -0.39 is 0 Å². The van der Waals surface area contributed by atoms with Crippen molar-refractivity contribution in [1.29, 1.82) is 0 Å². The summed E-state index contributed by atoms with van der Waals surface area (Å²) in [5.41, 5.74) is 0. The second-order valence-corrected chi connectivity index (χ2v) is 4.45. The lowest BCUT2D eigenvalue weighted by Crippen LogP contribution is -2.22. The maximum atomic E-state index is 5.50. The third kappa shape index (κ3) is 8.18. The molecule has 1 heterocycles. The first-order valence-electron chi connectivity index (χ1n) is 7.08. The third-order valence-electron chi connectivity index (χ3n) is 2.81. The third-order valence-corrected chi connectivity index (χ3v) is 2.81. The van der Waals surface area contributed by atoms with E-state index in [1.165, 1.54) is 25.7 Å². The minimum Gasteiger partial charge on any atom is -0.353 e. The van der Waals surface area contributed by atoms with Crippen LogP contribution in [0.1, 0.15) is 58.3 Å². The Balaban J connectivity index is 1.96. The molecule has 2 heteroatoms. The Morgan fingerprint density at radius 1 is 1.11 bits per heavy atom. The van der Waals surface area contributed by atoms with Gasteiger partial charge in [-0.1, -0.05) is 37.5 Å². The fourth-order valence-electron chi connectivity index (χ4n) is 1.75. The van der Waals surface area contributed by atoms with E-state index >= 15 is 0 Å². The molecular weight excluding hydrogens is 224 g/mol. The van der Waals surface area contributed by atoms with Crippen LogP contribution in [0, 0.1) is 23.7 Å². The predicted octanol–water partition coefficient (Wildman–Crippen LogP) is 3.51. The second-order valence-electron chi connectivity index (χ2n) is 4.45. The zero-order valence-electron chi connectivity index (χ0n) is 11.5. The molecule has 0 aromatic carbocycles. The number of unbranched alkanes of at least 4 members (excludes halogenated alkanes) is 3.